The van der Waals surface area contributed by atoms with Crippen molar-refractivity contribution in [2.75, 3.05) is 6.54 Å². The van der Waals surface area contributed by atoms with Crippen molar-refractivity contribution in [1.29, 1.82) is 0 Å². The van der Waals surface area contributed by atoms with Crippen molar-refractivity contribution < 1.29 is 9.90 Å². The molecular weight excluding hydrogens is 386 g/mol. The molecule has 1 aromatic heterocycles. The lowest BCUT2D eigenvalue weighted by molar-refractivity contribution is -0.122. The summed E-state index contributed by atoms with van der Waals surface area (Å²) in [5.74, 6) is 0.395. The summed E-state index contributed by atoms with van der Waals surface area (Å²) in [4.78, 5) is 20.2. The number of carbonyl (C=O) groups excluding carboxylic acids is 1. The summed E-state index contributed by atoms with van der Waals surface area (Å²) in [7, 11) is 0. The van der Waals surface area contributed by atoms with E-state index in [1.54, 1.807) is 24.4 Å². The first-order valence-electron chi connectivity index (χ1n) is 9.79. The number of hydrogen-bond donors (Lipinski definition) is 3. The lowest BCUT2D eigenvalue weighted by Gasteiger charge is -2.14. The second-order valence-electron chi connectivity index (χ2n) is 7.53. The molecule has 1 amide bonds. The highest BCUT2D eigenvalue weighted by atomic mass is 35.5. The van der Waals surface area contributed by atoms with Crippen molar-refractivity contribution in [3.05, 3.63) is 64.7 Å². The zero-order valence-corrected chi connectivity index (χ0v) is 17.4. The number of rotatable bonds is 8. The molecule has 0 bridgehead atoms. The molecular formula is C23H26ClN3O2. The Morgan fingerprint density at radius 2 is 2.00 bits per heavy atom. The molecule has 0 saturated heterocycles. The molecule has 2 aromatic carbocycles. The summed E-state index contributed by atoms with van der Waals surface area (Å²) in [5, 5.41) is 14.6. The number of benzene rings is 2. The fourth-order valence-electron chi connectivity index (χ4n) is 3.12. The number of nitrogens with zero attached hydrogens (tertiary/aromatic N) is 1. The number of aromatic nitrogens is 1. The summed E-state index contributed by atoms with van der Waals surface area (Å²) < 4.78 is 0. The standard InChI is InChI=1S/C23H26ClN3O2/c1-15(2)10-11-25-23(29)21(12-16-6-4-3-5-7-16)26-14-19-18-13-17(24)8-9-20(18)27-22(19)28/h3-9,13-15,21,27-28H,10-12H2,1-2H3,(H,25,29)/t21-/m0/s1. The van der Waals surface area contributed by atoms with Crippen LogP contribution >= 0.6 is 11.6 Å². The van der Waals surface area contributed by atoms with E-state index in [0.717, 1.165) is 22.9 Å². The van der Waals surface area contributed by atoms with Gasteiger partial charge < -0.3 is 15.4 Å². The number of amides is 1. The third kappa shape index (κ3) is 5.61. The van der Waals surface area contributed by atoms with Crippen LogP contribution in [-0.4, -0.2) is 34.8 Å². The van der Waals surface area contributed by atoms with Gasteiger partial charge >= 0.3 is 0 Å². The summed E-state index contributed by atoms with van der Waals surface area (Å²) in [6.07, 6.45) is 2.95. The van der Waals surface area contributed by atoms with Crippen LogP contribution in [0, 0.1) is 5.92 Å². The summed E-state index contributed by atoms with van der Waals surface area (Å²) in [6, 6.07) is 14.5. The van der Waals surface area contributed by atoms with Gasteiger partial charge in [0.1, 0.15) is 6.04 Å². The first kappa shape index (κ1) is 20.9. The lowest BCUT2D eigenvalue weighted by atomic mass is 10.1. The summed E-state index contributed by atoms with van der Waals surface area (Å²) in [6.45, 7) is 4.86. The molecule has 3 rings (SSSR count). The molecule has 0 radical (unpaired) electrons. The van der Waals surface area contributed by atoms with Crippen LogP contribution in [0.3, 0.4) is 0 Å². The molecule has 5 nitrogen and oxygen atoms in total. The van der Waals surface area contributed by atoms with Crippen LogP contribution in [0.25, 0.3) is 10.9 Å². The highest BCUT2D eigenvalue weighted by Gasteiger charge is 2.18. The molecule has 0 aliphatic carbocycles. The van der Waals surface area contributed by atoms with E-state index in [1.165, 1.54) is 0 Å². The number of halogens is 1. The topological polar surface area (TPSA) is 77.5 Å². The Balaban J connectivity index is 1.85. The smallest absolute Gasteiger partial charge is 0.245 e. The van der Waals surface area contributed by atoms with E-state index in [-0.39, 0.29) is 11.8 Å². The Hall–Kier alpha value is -2.79. The normalized spacial score (nSPS) is 12.7. The average molecular weight is 412 g/mol. The third-order valence-corrected chi connectivity index (χ3v) is 4.99. The number of fused-ring (bicyclic) bond motifs is 1. The van der Waals surface area contributed by atoms with Crippen molar-refractivity contribution in [2.24, 2.45) is 10.9 Å². The van der Waals surface area contributed by atoms with Crippen LogP contribution in [0.15, 0.2) is 53.5 Å². The van der Waals surface area contributed by atoms with Gasteiger partial charge in [0.25, 0.3) is 0 Å². The fraction of sp³-hybridized carbons (Fsp3) is 0.304. The molecule has 0 saturated carbocycles. The molecule has 3 N–H and O–H groups in total. The molecule has 0 unspecified atom stereocenters. The molecule has 0 aliphatic rings. The first-order valence-corrected chi connectivity index (χ1v) is 10.2. The number of nitrogens with one attached hydrogen (secondary N) is 2. The number of H-pyrrole nitrogens is 1. The third-order valence-electron chi connectivity index (χ3n) is 4.76. The quantitative estimate of drug-likeness (QED) is 0.469. The molecule has 152 valence electrons. The van der Waals surface area contributed by atoms with Crippen molar-refractivity contribution in [3.63, 3.8) is 0 Å². The first-order chi connectivity index (χ1) is 13.9. The van der Waals surface area contributed by atoms with E-state index >= 15 is 0 Å². The van der Waals surface area contributed by atoms with Crippen LogP contribution in [-0.2, 0) is 11.2 Å². The largest absolute Gasteiger partial charge is 0.494 e. The van der Waals surface area contributed by atoms with Gasteiger partial charge in [0, 0.05) is 35.1 Å². The Kier molecular flexibility index (Phi) is 6.94. The van der Waals surface area contributed by atoms with Crippen LogP contribution in [0.1, 0.15) is 31.4 Å². The number of aliphatic imine (C=N–C) groups is 1. The minimum Gasteiger partial charge on any atom is -0.494 e. The molecule has 0 spiro atoms. The van der Waals surface area contributed by atoms with Crippen molar-refractivity contribution in [2.45, 2.75) is 32.7 Å². The highest BCUT2D eigenvalue weighted by Crippen LogP contribution is 2.28. The number of aromatic hydroxyl groups is 1. The van der Waals surface area contributed by atoms with E-state index in [9.17, 15) is 9.90 Å². The predicted octanol–water partition coefficient (Wildman–Crippen LogP) is 4.72. The lowest BCUT2D eigenvalue weighted by Crippen LogP contribution is -2.36. The second kappa shape index (κ2) is 9.61. The minimum absolute atomic E-state index is 0.00435. The van der Waals surface area contributed by atoms with E-state index in [2.05, 4.69) is 29.1 Å². The van der Waals surface area contributed by atoms with Crippen LogP contribution in [0.2, 0.25) is 5.02 Å². The van der Waals surface area contributed by atoms with Gasteiger partial charge in [0.2, 0.25) is 5.91 Å². The van der Waals surface area contributed by atoms with E-state index in [1.807, 2.05) is 30.3 Å². The van der Waals surface area contributed by atoms with Gasteiger partial charge in [0.05, 0.1) is 5.56 Å². The van der Waals surface area contributed by atoms with Crippen LogP contribution in [0.4, 0.5) is 0 Å². The monoisotopic (exact) mass is 411 g/mol. The van der Waals surface area contributed by atoms with Gasteiger partial charge in [-0.25, -0.2) is 0 Å². The highest BCUT2D eigenvalue weighted by molar-refractivity contribution is 6.31. The van der Waals surface area contributed by atoms with E-state index in [4.69, 9.17) is 11.6 Å². The minimum atomic E-state index is -0.590. The zero-order valence-electron chi connectivity index (χ0n) is 16.7. The van der Waals surface area contributed by atoms with E-state index < -0.39 is 6.04 Å². The van der Waals surface area contributed by atoms with Gasteiger partial charge in [-0.2, -0.15) is 0 Å². The molecule has 3 aromatic rings. The van der Waals surface area contributed by atoms with Gasteiger partial charge in [-0.3, -0.25) is 9.79 Å². The molecule has 0 fully saturated rings. The summed E-state index contributed by atoms with van der Waals surface area (Å²) >= 11 is 6.10. The second-order valence-corrected chi connectivity index (χ2v) is 7.97. The van der Waals surface area contributed by atoms with Gasteiger partial charge in [-0.05, 0) is 36.1 Å². The molecule has 0 aliphatic heterocycles. The maximum absolute atomic E-state index is 12.8. The zero-order chi connectivity index (χ0) is 20.8. The molecule has 6 heteroatoms. The molecule has 1 atom stereocenters. The number of aromatic amines is 1. The maximum Gasteiger partial charge on any atom is 0.245 e. The van der Waals surface area contributed by atoms with Crippen LogP contribution < -0.4 is 5.32 Å². The van der Waals surface area contributed by atoms with Gasteiger partial charge in [0.15, 0.2) is 5.88 Å². The molecule has 29 heavy (non-hydrogen) atoms. The van der Waals surface area contributed by atoms with Crippen molar-refractivity contribution in [1.82, 2.24) is 10.3 Å². The van der Waals surface area contributed by atoms with Gasteiger partial charge in [-0.15, -0.1) is 0 Å². The Labute approximate surface area is 175 Å². The molecule has 1 heterocycles. The fourth-order valence-corrected chi connectivity index (χ4v) is 3.29. The number of hydrogen-bond acceptors (Lipinski definition) is 3. The predicted molar refractivity (Wildman–Crippen MR) is 119 cm³/mol. The number of carbonyl (C=O) groups is 1. The Morgan fingerprint density at radius 1 is 1.24 bits per heavy atom. The van der Waals surface area contributed by atoms with Crippen LogP contribution in [0.5, 0.6) is 5.88 Å². The summed E-state index contributed by atoms with van der Waals surface area (Å²) in [5.41, 5.74) is 2.31. The van der Waals surface area contributed by atoms with E-state index in [0.29, 0.717) is 29.5 Å². The van der Waals surface area contributed by atoms with Gasteiger partial charge in [-0.1, -0.05) is 55.8 Å². The maximum atomic E-state index is 12.8. The van der Waals surface area contributed by atoms with Crippen molar-refractivity contribution in [3.8, 4) is 5.88 Å². The SMILES string of the molecule is CC(C)CCNC(=O)[C@H](Cc1ccccc1)N=Cc1c(O)[nH]c2ccc(Cl)cc12. The Bertz CT molecular complexity index is 996. The average Bonchev–Trinajstić information content (AvgIpc) is 3.00. The van der Waals surface area contributed by atoms with Crippen molar-refractivity contribution >= 4 is 34.6 Å². The Morgan fingerprint density at radius 3 is 2.72 bits per heavy atom.